The summed E-state index contributed by atoms with van der Waals surface area (Å²) < 4.78 is 23.0. The maximum absolute atomic E-state index is 13.6. The second-order valence-corrected chi connectivity index (χ2v) is 3.44. The summed E-state index contributed by atoms with van der Waals surface area (Å²) in [6.07, 6.45) is 5.11. The van der Waals surface area contributed by atoms with Gasteiger partial charge in [0.2, 0.25) is 0 Å². The molecule has 1 unspecified atom stereocenters. The molecule has 1 atom stereocenters. The molecule has 0 bridgehead atoms. The molecular formula is C13H14FNO3. The van der Waals surface area contributed by atoms with Gasteiger partial charge in [0.15, 0.2) is 11.6 Å². The predicted molar refractivity (Wildman–Crippen MR) is 64.5 cm³/mol. The topological polar surface area (TPSA) is 47.6 Å². The van der Waals surface area contributed by atoms with Crippen LogP contribution in [-0.4, -0.2) is 26.7 Å². The number of ether oxygens (including phenoxy) is 2. The Kier molecular flexibility index (Phi) is 5.15. The summed E-state index contributed by atoms with van der Waals surface area (Å²) in [5.74, 6) is 1.38. The fraction of sp³-hybridized carbons (Fsp3) is 0.308. The first-order valence-corrected chi connectivity index (χ1v) is 5.22. The van der Waals surface area contributed by atoms with Crippen LogP contribution in [-0.2, 0) is 9.53 Å². The first kappa shape index (κ1) is 14.0. The molecule has 0 amide bonds. The summed E-state index contributed by atoms with van der Waals surface area (Å²) in [6, 6.07) is 3.43. The minimum atomic E-state index is -0.800. The van der Waals surface area contributed by atoms with E-state index in [2.05, 4.69) is 16.0 Å². The third-order valence-electron chi connectivity index (χ3n) is 2.35. The van der Waals surface area contributed by atoms with Crippen molar-refractivity contribution in [2.24, 2.45) is 0 Å². The number of hydrogen-bond donors (Lipinski definition) is 1. The lowest BCUT2D eigenvalue weighted by Gasteiger charge is -2.16. The van der Waals surface area contributed by atoms with Gasteiger partial charge in [-0.15, -0.1) is 6.42 Å². The fourth-order valence-electron chi connectivity index (χ4n) is 1.48. The number of carbonyl (C=O) groups is 1. The molecule has 1 aromatic carbocycles. The van der Waals surface area contributed by atoms with Crippen molar-refractivity contribution in [2.75, 3.05) is 20.8 Å². The summed E-state index contributed by atoms with van der Waals surface area (Å²) in [5.41, 5.74) is 0.426. The van der Waals surface area contributed by atoms with Crippen LogP contribution >= 0.6 is 0 Å². The molecule has 0 spiro atoms. The maximum atomic E-state index is 13.6. The standard InChI is InChI=1S/C13H14FNO3/c1-4-7-15-12(13(16)18-3)9-5-6-11(17-2)10(14)8-9/h1,5-6,8,12,15H,7H2,2-3H3. The van der Waals surface area contributed by atoms with Crippen molar-refractivity contribution in [3.8, 4) is 18.1 Å². The van der Waals surface area contributed by atoms with Gasteiger partial charge >= 0.3 is 5.97 Å². The molecule has 1 rings (SSSR count). The SMILES string of the molecule is C#CCNC(C(=O)OC)c1ccc(OC)c(F)c1. The molecule has 1 aromatic rings. The molecule has 0 radical (unpaired) electrons. The molecule has 5 heteroatoms. The molecule has 0 saturated heterocycles. The third kappa shape index (κ3) is 3.22. The van der Waals surface area contributed by atoms with Gasteiger partial charge < -0.3 is 9.47 Å². The van der Waals surface area contributed by atoms with Gasteiger partial charge in [-0.25, -0.2) is 9.18 Å². The maximum Gasteiger partial charge on any atom is 0.327 e. The number of nitrogens with one attached hydrogen (secondary N) is 1. The van der Waals surface area contributed by atoms with Crippen molar-refractivity contribution < 1.29 is 18.7 Å². The van der Waals surface area contributed by atoms with Crippen molar-refractivity contribution in [2.45, 2.75) is 6.04 Å². The first-order chi connectivity index (χ1) is 8.63. The zero-order valence-corrected chi connectivity index (χ0v) is 10.2. The Bertz CT molecular complexity index is 468. The summed E-state index contributed by atoms with van der Waals surface area (Å²) in [7, 11) is 2.62. The highest BCUT2D eigenvalue weighted by Gasteiger charge is 2.21. The highest BCUT2D eigenvalue weighted by Crippen LogP contribution is 2.22. The van der Waals surface area contributed by atoms with Crippen LogP contribution in [0, 0.1) is 18.2 Å². The molecule has 0 saturated carbocycles. The number of hydrogen-bond acceptors (Lipinski definition) is 4. The number of terminal acetylenes is 1. The Morgan fingerprint density at radius 2 is 2.28 bits per heavy atom. The number of benzene rings is 1. The summed E-state index contributed by atoms with van der Waals surface area (Å²) in [4.78, 5) is 11.6. The lowest BCUT2D eigenvalue weighted by Crippen LogP contribution is -2.30. The number of carbonyl (C=O) groups excluding carboxylic acids is 1. The molecule has 0 aliphatic heterocycles. The first-order valence-electron chi connectivity index (χ1n) is 5.22. The van der Waals surface area contributed by atoms with Gasteiger partial charge in [0.1, 0.15) is 6.04 Å². The zero-order chi connectivity index (χ0) is 13.5. The van der Waals surface area contributed by atoms with E-state index in [1.807, 2.05) is 0 Å². The Morgan fingerprint density at radius 3 is 2.78 bits per heavy atom. The zero-order valence-electron chi connectivity index (χ0n) is 10.2. The van der Waals surface area contributed by atoms with E-state index < -0.39 is 17.8 Å². The van der Waals surface area contributed by atoms with Crippen molar-refractivity contribution in [1.29, 1.82) is 0 Å². The quantitative estimate of drug-likeness (QED) is 0.632. The third-order valence-corrected chi connectivity index (χ3v) is 2.35. The van der Waals surface area contributed by atoms with Crippen LogP contribution in [0.2, 0.25) is 0 Å². The van der Waals surface area contributed by atoms with E-state index in [0.717, 1.165) is 0 Å². The average Bonchev–Trinajstić information content (AvgIpc) is 2.39. The van der Waals surface area contributed by atoms with Gasteiger partial charge in [0.25, 0.3) is 0 Å². The molecule has 1 N–H and O–H groups in total. The molecular weight excluding hydrogens is 237 g/mol. The van der Waals surface area contributed by atoms with Crippen LogP contribution in [0.15, 0.2) is 18.2 Å². The van der Waals surface area contributed by atoms with E-state index in [-0.39, 0.29) is 12.3 Å². The van der Waals surface area contributed by atoms with Gasteiger partial charge in [0, 0.05) is 0 Å². The largest absolute Gasteiger partial charge is 0.494 e. The monoisotopic (exact) mass is 251 g/mol. The summed E-state index contributed by atoms with van der Waals surface area (Å²) in [5, 5.41) is 2.78. The summed E-state index contributed by atoms with van der Waals surface area (Å²) >= 11 is 0. The lowest BCUT2D eigenvalue weighted by molar-refractivity contribution is -0.143. The van der Waals surface area contributed by atoms with E-state index in [4.69, 9.17) is 11.2 Å². The molecule has 0 aliphatic rings. The van der Waals surface area contributed by atoms with E-state index in [1.54, 1.807) is 6.07 Å². The van der Waals surface area contributed by atoms with Crippen LogP contribution in [0.4, 0.5) is 4.39 Å². The van der Waals surface area contributed by atoms with Crippen molar-refractivity contribution in [3.63, 3.8) is 0 Å². The van der Waals surface area contributed by atoms with Crippen LogP contribution < -0.4 is 10.1 Å². The molecule has 0 fully saturated rings. The van der Waals surface area contributed by atoms with Crippen LogP contribution in [0.1, 0.15) is 11.6 Å². The second kappa shape index (κ2) is 6.62. The molecule has 4 nitrogen and oxygen atoms in total. The highest BCUT2D eigenvalue weighted by molar-refractivity contribution is 5.77. The van der Waals surface area contributed by atoms with Gasteiger partial charge in [-0.1, -0.05) is 12.0 Å². The van der Waals surface area contributed by atoms with E-state index in [9.17, 15) is 9.18 Å². The summed E-state index contributed by atoms with van der Waals surface area (Å²) in [6.45, 7) is 0.174. The van der Waals surface area contributed by atoms with E-state index in [0.29, 0.717) is 5.56 Å². The molecule has 0 heterocycles. The Morgan fingerprint density at radius 1 is 1.56 bits per heavy atom. The normalized spacial score (nSPS) is 11.4. The van der Waals surface area contributed by atoms with Gasteiger partial charge in [0.05, 0.1) is 20.8 Å². The highest BCUT2D eigenvalue weighted by atomic mass is 19.1. The molecule has 0 aromatic heterocycles. The van der Waals surface area contributed by atoms with Crippen LogP contribution in [0.25, 0.3) is 0 Å². The van der Waals surface area contributed by atoms with Crippen LogP contribution in [0.3, 0.4) is 0 Å². The molecule has 0 aliphatic carbocycles. The van der Waals surface area contributed by atoms with Gasteiger partial charge in [-0.2, -0.15) is 0 Å². The number of rotatable bonds is 5. The predicted octanol–water partition coefficient (Wildman–Crippen LogP) is 1.27. The number of methoxy groups -OCH3 is 2. The average molecular weight is 251 g/mol. The van der Waals surface area contributed by atoms with E-state index in [1.165, 1.54) is 26.4 Å². The van der Waals surface area contributed by atoms with Crippen molar-refractivity contribution in [1.82, 2.24) is 5.32 Å². The Balaban J connectivity index is 3.02. The lowest BCUT2D eigenvalue weighted by atomic mass is 10.1. The fourth-order valence-corrected chi connectivity index (χ4v) is 1.48. The second-order valence-electron chi connectivity index (χ2n) is 3.44. The number of esters is 1. The minimum Gasteiger partial charge on any atom is -0.494 e. The minimum absolute atomic E-state index is 0.110. The Hall–Kier alpha value is -2.06. The van der Waals surface area contributed by atoms with Gasteiger partial charge in [-0.05, 0) is 17.7 Å². The Labute approximate surface area is 105 Å². The number of halogens is 1. The van der Waals surface area contributed by atoms with E-state index >= 15 is 0 Å². The smallest absolute Gasteiger partial charge is 0.327 e. The molecule has 18 heavy (non-hydrogen) atoms. The van der Waals surface area contributed by atoms with Crippen molar-refractivity contribution >= 4 is 5.97 Å². The molecule has 96 valence electrons. The van der Waals surface area contributed by atoms with Crippen LogP contribution in [0.5, 0.6) is 5.75 Å². The van der Waals surface area contributed by atoms with Crippen molar-refractivity contribution in [3.05, 3.63) is 29.6 Å². The van der Waals surface area contributed by atoms with Gasteiger partial charge in [-0.3, -0.25) is 5.32 Å².